The van der Waals surface area contributed by atoms with Crippen LogP contribution in [0.4, 0.5) is 0 Å². The summed E-state index contributed by atoms with van der Waals surface area (Å²) in [6.45, 7) is 7.13. The fraction of sp³-hybridized carbons (Fsp3) is 0.0938. The van der Waals surface area contributed by atoms with Crippen LogP contribution < -0.4 is 5.19 Å². The van der Waals surface area contributed by atoms with Crippen LogP contribution in [0, 0.1) is 0 Å². The first kappa shape index (κ1) is 21.2. The fourth-order valence-corrected chi connectivity index (χ4v) is 6.38. The van der Waals surface area contributed by atoms with E-state index < -0.39 is 8.07 Å². The third-order valence-corrected chi connectivity index (χ3v) is 9.13. The number of pyridine rings is 1. The molecule has 174 valence electrons. The fourth-order valence-electron chi connectivity index (χ4n) is 5.20. The van der Waals surface area contributed by atoms with E-state index in [-0.39, 0.29) is 0 Å². The Morgan fingerprint density at radius 2 is 1.33 bits per heavy atom. The second-order valence-electron chi connectivity index (χ2n) is 10.5. The number of furan rings is 2. The quantitative estimate of drug-likeness (QED) is 0.236. The Morgan fingerprint density at radius 1 is 0.611 bits per heavy atom. The van der Waals surface area contributed by atoms with Crippen molar-refractivity contribution in [3.63, 3.8) is 0 Å². The summed E-state index contributed by atoms with van der Waals surface area (Å²) >= 11 is 0. The Morgan fingerprint density at radius 3 is 2.14 bits per heavy atom. The lowest BCUT2D eigenvalue weighted by molar-refractivity contribution is 0.633. The lowest BCUT2D eigenvalue weighted by Gasteiger charge is -2.17. The van der Waals surface area contributed by atoms with Crippen LogP contribution in [0.5, 0.6) is 0 Å². The second kappa shape index (κ2) is 7.67. The first-order valence-corrected chi connectivity index (χ1v) is 15.8. The highest BCUT2D eigenvalue weighted by molar-refractivity contribution is 6.88. The van der Waals surface area contributed by atoms with Crippen molar-refractivity contribution in [2.24, 2.45) is 0 Å². The third kappa shape index (κ3) is 3.22. The molecule has 4 aromatic carbocycles. The molecule has 0 saturated carbocycles. The highest BCUT2D eigenvalue weighted by atomic mass is 28.3. The van der Waals surface area contributed by atoms with Crippen molar-refractivity contribution in [1.82, 2.24) is 4.98 Å². The van der Waals surface area contributed by atoms with E-state index in [0.717, 1.165) is 66.3 Å². The Balaban J connectivity index is 1.53. The Kier molecular flexibility index (Phi) is 4.51. The van der Waals surface area contributed by atoms with E-state index in [4.69, 9.17) is 13.8 Å². The van der Waals surface area contributed by atoms with Gasteiger partial charge in [-0.15, -0.1) is 0 Å². The number of rotatable bonds is 3. The number of aromatic nitrogens is 1. The van der Waals surface area contributed by atoms with Crippen molar-refractivity contribution in [2.45, 2.75) is 19.6 Å². The lowest BCUT2D eigenvalue weighted by atomic mass is 9.96. The van der Waals surface area contributed by atoms with Crippen molar-refractivity contribution < 1.29 is 8.83 Å². The van der Waals surface area contributed by atoms with Gasteiger partial charge in [-0.1, -0.05) is 85.5 Å². The molecular formula is C32H25NO2Si. The number of hydrogen-bond acceptors (Lipinski definition) is 3. The van der Waals surface area contributed by atoms with E-state index in [1.807, 2.05) is 30.5 Å². The topological polar surface area (TPSA) is 39.2 Å². The first-order valence-electron chi connectivity index (χ1n) is 12.3. The molecule has 0 saturated heterocycles. The maximum atomic E-state index is 6.42. The van der Waals surface area contributed by atoms with Crippen molar-refractivity contribution in [3.05, 3.63) is 97.2 Å². The van der Waals surface area contributed by atoms with Gasteiger partial charge in [-0.05, 0) is 41.5 Å². The highest BCUT2D eigenvalue weighted by Gasteiger charge is 2.21. The molecule has 0 radical (unpaired) electrons. The average Bonchev–Trinajstić information content (AvgIpc) is 3.47. The van der Waals surface area contributed by atoms with Gasteiger partial charge in [-0.3, -0.25) is 4.98 Å². The molecule has 0 aliphatic carbocycles. The van der Waals surface area contributed by atoms with Gasteiger partial charge in [0.15, 0.2) is 11.2 Å². The van der Waals surface area contributed by atoms with Crippen molar-refractivity contribution in [2.75, 3.05) is 0 Å². The zero-order valence-electron chi connectivity index (χ0n) is 20.5. The zero-order valence-corrected chi connectivity index (χ0v) is 21.5. The summed E-state index contributed by atoms with van der Waals surface area (Å²) in [4.78, 5) is 4.76. The summed E-state index contributed by atoms with van der Waals surface area (Å²) in [6, 6.07) is 31.8. The van der Waals surface area contributed by atoms with E-state index in [1.165, 1.54) is 5.19 Å². The van der Waals surface area contributed by atoms with Gasteiger partial charge in [-0.2, -0.15) is 0 Å². The molecule has 0 N–H and O–H groups in total. The minimum absolute atomic E-state index is 0.791. The smallest absolute Gasteiger partial charge is 0.179 e. The molecular weight excluding hydrogens is 458 g/mol. The summed E-state index contributed by atoms with van der Waals surface area (Å²) in [7, 11) is -1.43. The summed E-state index contributed by atoms with van der Waals surface area (Å²) in [5, 5.41) is 5.75. The maximum Gasteiger partial charge on any atom is 0.179 e. The lowest BCUT2D eigenvalue weighted by Crippen LogP contribution is -2.37. The maximum absolute atomic E-state index is 6.42. The molecule has 0 spiro atoms. The van der Waals surface area contributed by atoms with Gasteiger partial charge in [0.2, 0.25) is 0 Å². The third-order valence-electron chi connectivity index (χ3n) is 7.09. The number of nitrogens with zero attached hydrogens (tertiary/aromatic N) is 1. The SMILES string of the molecule is C[Si](C)(C)c1cccc(-c2cc(-c3cc4c5ccccc5oc4c4oc5ccccc5c34)ccn2)c1. The molecule has 0 amide bonds. The highest BCUT2D eigenvalue weighted by Crippen LogP contribution is 2.44. The Bertz CT molecular complexity index is 1940. The first-order chi connectivity index (χ1) is 17.5. The molecule has 4 heteroatoms. The van der Waals surface area contributed by atoms with E-state index >= 15 is 0 Å². The van der Waals surface area contributed by atoms with Crippen LogP contribution >= 0.6 is 0 Å². The van der Waals surface area contributed by atoms with Gasteiger partial charge >= 0.3 is 0 Å². The van der Waals surface area contributed by atoms with Gasteiger partial charge in [0, 0.05) is 33.3 Å². The van der Waals surface area contributed by atoms with E-state index in [2.05, 4.69) is 86.4 Å². The molecule has 7 aromatic rings. The average molecular weight is 484 g/mol. The molecule has 3 nitrogen and oxygen atoms in total. The van der Waals surface area contributed by atoms with Crippen LogP contribution in [-0.2, 0) is 0 Å². The van der Waals surface area contributed by atoms with Gasteiger partial charge in [-0.25, -0.2) is 0 Å². The minimum Gasteiger partial charge on any atom is -0.452 e. The summed E-state index contributed by atoms with van der Waals surface area (Å²) in [5.74, 6) is 0. The van der Waals surface area contributed by atoms with Crippen LogP contribution in [0.2, 0.25) is 19.6 Å². The van der Waals surface area contributed by atoms with Gasteiger partial charge in [0.1, 0.15) is 11.2 Å². The predicted molar refractivity (Wildman–Crippen MR) is 153 cm³/mol. The van der Waals surface area contributed by atoms with E-state index in [9.17, 15) is 0 Å². The van der Waals surface area contributed by atoms with Crippen molar-refractivity contribution >= 4 is 57.1 Å². The van der Waals surface area contributed by atoms with Gasteiger partial charge in [0.05, 0.1) is 13.8 Å². The largest absolute Gasteiger partial charge is 0.452 e. The number of hydrogen-bond donors (Lipinski definition) is 0. The molecule has 7 rings (SSSR count). The molecule has 0 unspecified atom stereocenters. The summed E-state index contributed by atoms with van der Waals surface area (Å²) in [5.41, 5.74) is 7.68. The second-order valence-corrected chi connectivity index (χ2v) is 15.5. The molecule has 0 atom stereocenters. The predicted octanol–water partition coefficient (Wildman–Crippen LogP) is 8.76. The summed E-state index contributed by atoms with van der Waals surface area (Å²) in [6.07, 6.45) is 1.91. The molecule has 36 heavy (non-hydrogen) atoms. The van der Waals surface area contributed by atoms with E-state index in [0.29, 0.717) is 0 Å². The number of benzene rings is 4. The molecule has 3 aromatic heterocycles. The van der Waals surface area contributed by atoms with Crippen LogP contribution in [-0.4, -0.2) is 13.1 Å². The molecule has 0 bridgehead atoms. The Hall–Kier alpha value is -4.15. The van der Waals surface area contributed by atoms with Crippen LogP contribution in [0.3, 0.4) is 0 Å². The molecule has 0 aliphatic heterocycles. The summed E-state index contributed by atoms with van der Waals surface area (Å²) < 4.78 is 12.7. The van der Waals surface area contributed by atoms with Crippen LogP contribution in [0.1, 0.15) is 0 Å². The van der Waals surface area contributed by atoms with E-state index in [1.54, 1.807) is 0 Å². The van der Waals surface area contributed by atoms with Gasteiger partial charge < -0.3 is 8.83 Å². The van der Waals surface area contributed by atoms with Gasteiger partial charge in [0.25, 0.3) is 0 Å². The zero-order chi connectivity index (χ0) is 24.4. The molecule has 0 aliphatic rings. The number of para-hydroxylation sites is 2. The molecule has 3 heterocycles. The normalized spacial score (nSPS) is 12.3. The Labute approximate surface area is 210 Å². The standard InChI is InChI=1S/C32H25NO2Si/c1-36(2,3)22-10-8-9-21(17-22)27-18-20(15-16-33-27)25-19-26-23-11-4-6-13-28(23)34-31(26)32-30(25)24-12-5-7-14-29(24)35-32/h4-19H,1-3H3. The van der Waals surface area contributed by atoms with Crippen molar-refractivity contribution in [1.29, 1.82) is 0 Å². The monoisotopic (exact) mass is 483 g/mol. The number of fused-ring (bicyclic) bond motifs is 7. The van der Waals surface area contributed by atoms with Crippen LogP contribution in [0.25, 0.3) is 66.3 Å². The van der Waals surface area contributed by atoms with Crippen LogP contribution in [0.15, 0.2) is 106 Å². The van der Waals surface area contributed by atoms with Crippen molar-refractivity contribution in [3.8, 4) is 22.4 Å². The minimum atomic E-state index is -1.43. The molecule has 0 fully saturated rings.